The molecular formula is C30H32ClN3O3. The van der Waals surface area contributed by atoms with Crippen molar-refractivity contribution in [1.29, 1.82) is 0 Å². The minimum atomic E-state index is -0.942. The molecule has 1 heterocycles. The number of halogens is 1. The van der Waals surface area contributed by atoms with Crippen LogP contribution in [0.25, 0.3) is 22.0 Å². The topological polar surface area (TPSA) is 84.2 Å². The van der Waals surface area contributed by atoms with Crippen LogP contribution < -0.4 is 5.32 Å². The monoisotopic (exact) mass is 517 g/mol. The highest BCUT2D eigenvalue weighted by molar-refractivity contribution is 6.33. The second-order valence-corrected chi connectivity index (χ2v) is 10.3. The van der Waals surface area contributed by atoms with Gasteiger partial charge in [-0.2, -0.15) is 5.10 Å². The summed E-state index contributed by atoms with van der Waals surface area (Å²) >= 11 is 6.58. The lowest BCUT2D eigenvalue weighted by molar-refractivity contribution is -0.136. The summed E-state index contributed by atoms with van der Waals surface area (Å²) in [4.78, 5) is 23.1. The first kappa shape index (κ1) is 26.4. The van der Waals surface area contributed by atoms with Crippen molar-refractivity contribution in [2.75, 3.05) is 6.54 Å². The van der Waals surface area contributed by atoms with Gasteiger partial charge in [0.05, 0.1) is 18.0 Å². The lowest BCUT2D eigenvalue weighted by atomic mass is 9.96. The maximum atomic E-state index is 12.4. The quantitative estimate of drug-likeness (QED) is 0.255. The number of benzene rings is 3. The molecule has 37 heavy (non-hydrogen) atoms. The first-order valence-corrected chi connectivity index (χ1v) is 12.9. The van der Waals surface area contributed by atoms with Crippen LogP contribution in [0.3, 0.4) is 0 Å². The van der Waals surface area contributed by atoms with Crippen LogP contribution >= 0.6 is 11.6 Å². The number of amides is 1. The summed E-state index contributed by atoms with van der Waals surface area (Å²) in [6.45, 7) is 8.60. The van der Waals surface area contributed by atoms with Gasteiger partial charge < -0.3 is 10.4 Å². The number of carbonyl (C=O) groups excluding carboxylic acids is 1. The summed E-state index contributed by atoms with van der Waals surface area (Å²) in [5.74, 6) is -0.793. The molecule has 7 heteroatoms. The maximum Gasteiger partial charge on any atom is 0.305 e. The van der Waals surface area contributed by atoms with Crippen LogP contribution in [0.4, 0.5) is 0 Å². The van der Waals surface area contributed by atoms with Gasteiger partial charge in [-0.25, -0.2) is 0 Å². The third-order valence-electron chi connectivity index (χ3n) is 6.59. The van der Waals surface area contributed by atoms with Crippen LogP contribution in [-0.4, -0.2) is 33.3 Å². The van der Waals surface area contributed by atoms with Crippen LogP contribution in [0.5, 0.6) is 0 Å². The molecule has 4 rings (SSSR count). The SMILES string of the molecule is Cc1ccc(-c2ccc3nn(C(CC(C)C)c4ccc(C(=O)NCCC(=O)O)cc4)cc3c2C)c(Cl)c1. The van der Waals surface area contributed by atoms with Gasteiger partial charge in [-0.05, 0) is 72.7 Å². The first-order chi connectivity index (χ1) is 17.6. The highest BCUT2D eigenvalue weighted by Gasteiger charge is 2.20. The molecular weight excluding hydrogens is 486 g/mol. The van der Waals surface area contributed by atoms with E-state index in [9.17, 15) is 9.59 Å². The van der Waals surface area contributed by atoms with E-state index >= 15 is 0 Å². The smallest absolute Gasteiger partial charge is 0.305 e. The fourth-order valence-electron chi connectivity index (χ4n) is 4.62. The number of aromatic nitrogens is 2. The summed E-state index contributed by atoms with van der Waals surface area (Å²) < 4.78 is 2.03. The normalized spacial score (nSPS) is 12.2. The number of hydrogen-bond acceptors (Lipinski definition) is 3. The molecule has 2 N–H and O–H groups in total. The Kier molecular flexibility index (Phi) is 7.98. The Morgan fingerprint density at radius 2 is 1.73 bits per heavy atom. The molecule has 0 aliphatic rings. The van der Waals surface area contributed by atoms with Gasteiger partial charge in [0.1, 0.15) is 0 Å². The molecule has 1 amide bonds. The molecule has 0 aliphatic heterocycles. The van der Waals surface area contributed by atoms with E-state index in [-0.39, 0.29) is 24.9 Å². The van der Waals surface area contributed by atoms with E-state index in [0.717, 1.165) is 50.2 Å². The van der Waals surface area contributed by atoms with Crippen molar-refractivity contribution in [3.8, 4) is 11.1 Å². The molecule has 4 aromatic rings. The predicted molar refractivity (Wildman–Crippen MR) is 148 cm³/mol. The largest absolute Gasteiger partial charge is 0.481 e. The first-order valence-electron chi connectivity index (χ1n) is 12.5. The molecule has 0 spiro atoms. The molecule has 0 saturated heterocycles. The van der Waals surface area contributed by atoms with E-state index in [1.165, 1.54) is 0 Å². The number of hydrogen-bond donors (Lipinski definition) is 2. The molecule has 1 atom stereocenters. The van der Waals surface area contributed by atoms with Crippen molar-refractivity contribution in [3.05, 3.63) is 88.1 Å². The third kappa shape index (κ3) is 6.03. The van der Waals surface area contributed by atoms with Gasteiger partial charge in [0, 0.05) is 34.3 Å². The summed E-state index contributed by atoms with van der Waals surface area (Å²) in [6.07, 6.45) is 2.88. The number of carboxylic acids is 1. The van der Waals surface area contributed by atoms with Crippen molar-refractivity contribution >= 4 is 34.4 Å². The van der Waals surface area contributed by atoms with E-state index in [4.69, 9.17) is 21.8 Å². The van der Waals surface area contributed by atoms with E-state index in [1.807, 2.05) is 35.9 Å². The molecule has 0 bridgehead atoms. The van der Waals surface area contributed by atoms with Crippen LogP contribution in [0, 0.1) is 19.8 Å². The van der Waals surface area contributed by atoms with Crippen molar-refractivity contribution < 1.29 is 14.7 Å². The molecule has 1 aromatic heterocycles. The lowest BCUT2D eigenvalue weighted by Crippen LogP contribution is -2.26. The number of carboxylic acid groups (broad SMARTS) is 1. The second kappa shape index (κ2) is 11.2. The van der Waals surface area contributed by atoms with Gasteiger partial charge in [0.25, 0.3) is 5.91 Å². The Morgan fingerprint density at radius 1 is 1.03 bits per heavy atom. The van der Waals surface area contributed by atoms with E-state index in [1.54, 1.807) is 12.1 Å². The van der Waals surface area contributed by atoms with Crippen LogP contribution in [-0.2, 0) is 4.79 Å². The van der Waals surface area contributed by atoms with Crippen LogP contribution in [0.1, 0.15) is 59.8 Å². The third-order valence-corrected chi connectivity index (χ3v) is 6.90. The van der Waals surface area contributed by atoms with Gasteiger partial charge in [-0.1, -0.05) is 55.8 Å². The lowest BCUT2D eigenvalue weighted by Gasteiger charge is -2.20. The zero-order valence-corrected chi connectivity index (χ0v) is 22.3. The number of carbonyl (C=O) groups is 2. The van der Waals surface area contributed by atoms with Crippen LogP contribution in [0.15, 0.2) is 60.8 Å². The molecule has 0 aliphatic carbocycles. The van der Waals surface area contributed by atoms with Gasteiger partial charge >= 0.3 is 5.97 Å². The Bertz CT molecular complexity index is 1440. The van der Waals surface area contributed by atoms with Crippen molar-refractivity contribution in [2.24, 2.45) is 5.92 Å². The van der Waals surface area contributed by atoms with Crippen molar-refractivity contribution in [2.45, 2.75) is 46.6 Å². The fraction of sp³-hybridized carbons (Fsp3) is 0.300. The Hall–Kier alpha value is -3.64. The average Bonchev–Trinajstić information content (AvgIpc) is 3.28. The van der Waals surface area contributed by atoms with Gasteiger partial charge in [-0.3, -0.25) is 14.3 Å². The Labute approximate surface area is 222 Å². The molecule has 0 fully saturated rings. The summed E-state index contributed by atoms with van der Waals surface area (Å²) in [5, 5.41) is 18.2. The number of fused-ring (bicyclic) bond motifs is 1. The molecule has 0 radical (unpaired) electrons. The summed E-state index contributed by atoms with van der Waals surface area (Å²) in [6, 6.07) is 17.7. The van der Waals surface area contributed by atoms with Crippen molar-refractivity contribution in [3.63, 3.8) is 0 Å². The van der Waals surface area contributed by atoms with Gasteiger partial charge in [-0.15, -0.1) is 0 Å². The fourth-order valence-corrected chi connectivity index (χ4v) is 4.96. The Morgan fingerprint density at radius 3 is 2.38 bits per heavy atom. The van der Waals surface area contributed by atoms with E-state index in [2.05, 4.69) is 50.5 Å². The minimum Gasteiger partial charge on any atom is -0.481 e. The molecule has 192 valence electrons. The van der Waals surface area contributed by atoms with E-state index < -0.39 is 5.97 Å². The molecule has 1 unspecified atom stereocenters. The second-order valence-electron chi connectivity index (χ2n) is 9.93. The molecule has 0 saturated carbocycles. The van der Waals surface area contributed by atoms with Gasteiger partial charge in [0.15, 0.2) is 0 Å². The number of nitrogens with one attached hydrogen (secondary N) is 1. The van der Waals surface area contributed by atoms with E-state index in [0.29, 0.717) is 11.5 Å². The number of aryl methyl sites for hydroxylation is 2. The minimum absolute atomic E-state index is 0.00216. The average molecular weight is 518 g/mol. The zero-order valence-electron chi connectivity index (χ0n) is 21.6. The number of nitrogens with zero attached hydrogens (tertiary/aromatic N) is 2. The molecule has 6 nitrogen and oxygen atoms in total. The molecule has 3 aromatic carbocycles. The Balaban J connectivity index is 1.65. The van der Waals surface area contributed by atoms with Gasteiger partial charge in [0.2, 0.25) is 0 Å². The number of rotatable bonds is 9. The standard InChI is InChI=1S/C30H32ClN3O3/c1-18(2)15-28(21-6-8-22(9-7-21)30(37)32-14-13-29(35)36)34-17-25-20(4)23(11-12-27(25)33-34)24-10-5-19(3)16-26(24)31/h5-12,16-18,28H,13-15H2,1-4H3,(H,32,37)(H,35,36). The highest BCUT2D eigenvalue weighted by atomic mass is 35.5. The van der Waals surface area contributed by atoms with Crippen molar-refractivity contribution in [1.82, 2.24) is 15.1 Å². The predicted octanol–water partition coefficient (Wildman–Crippen LogP) is 6.81. The van der Waals surface area contributed by atoms with Crippen LogP contribution in [0.2, 0.25) is 5.02 Å². The maximum absolute atomic E-state index is 12.4. The number of aliphatic carboxylic acids is 1. The summed E-state index contributed by atoms with van der Waals surface area (Å²) in [7, 11) is 0. The summed E-state index contributed by atoms with van der Waals surface area (Å²) in [5.41, 5.74) is 6.84. The zero-order chi connectivity index (χ0) is 26.7. The highest BCUT2D eigenvalue weighted by Crippen LogP contribution is 2.35.